The second kappa shape index (κ2) is 5.11. The number of hydrogen-bond donors (Lipinski definition) is 3. The van der Waals surface area contributed by atoms with Crippen LogP contribution in [0.2, 0.25) is 0 Å². The van der Waals surface area contributed by atoms with Crippen LogP contribution in [0.3, 0.4) is 0 Å². The second-order valence-corrected chi connectivity index (χ2v) is 3.02. The van der Waals surface area contributed by atoms with Gasteiger partial charge in [-0.05, 0) is 19.1 Å². The van der Waals surface area contributed by atoms with Crippen LogP contribution in [0.25, 0.3) is 0 Å². The van der Waals surface area contributed by atoms with Crippen molar-refractivity contribution in [3.05, 3.63) is 35.9 Å². The molecule has 1 aromatic rings. The third kappa shape index (κ3) is 3.40. The normalized spacial score (nSPS) is 11.8. The van der Waals surface area contributed by atoms with Crippen LogP contribution in [0.15, 0.2) is 30.3 Å². The van der Waals surface area contributed by atoms with E-state index in [0.717, 1.165) is 0 Å². The van der Waals surface area contributed by atoms with Crippen LogP contribution in [0.4, 0.5) is 0 Å². The SMILES string of the molecule is CC(NNC(=O)c1ccccc1)C(=O)O. The summed E-state index contributed by atoms with van der Waals surface area (Å²) in [5.41, 5.74) is 5.17. The first-order valence-electron chi connectivity index (χ1n) is 4.45. The zero-order chi connectivity index (χ0) is 11.3. The molecule has 0 bridgehead atoms. The fraction of sp³-hybridized carbons (Fsp3) is 0.200. The summed E-state index contributed by atoms with van der Waals surface area (Å²) < 4.78 is 0. The van der Waals surface area contributed by atoms with Crippen molar-refractivity contribution in [1.29, 1.82) is 0 Å². The number of benzene rings is 1. The summed E-state index contributed by atoms with van der Waals surface area (Å²) >= 11 is 0. The highest BCUT2D eigenvalue weighted by Gasteiger charge is 2.11. The van der Waals surface area contributed by atoms with Crippen LogP contribution in [-0.2, 0) is 4.79 Å². The van der Waals surface area contributed by atoms with Gasteiger partial charge in [-0.15, -0.1) is 0 Å². The highest BCUT2D eigenvalue weighted by atomic mass is 16.4. The Morgan fingerprint density at radius 3 is 2.40 bits per heavy atom. The molecule has 0 fully saturated rings. The van der Waals surface area contributed by atoms with E-state index in [-0.39, 0.29) is 5.91 Å². The molecule has 0 spiro atoms. The molecular formula is C10H12N2O3. The van der Waals surface area contributed by atoms with Gasteiger partial charge in [0.05, 0.1) is 0 Å². The number of rotatable bonds is 4. The van der Waals surface area contributed by atoms with E-state index in [1.165, 1.54) is 6.92 Å². The molecule has 5 nitrogen and oxygen atoms in total. The number of carboxylic acids is 1. The van der Waals surface area contributed by atoms with Gasteiger partial charge in [-0.25, -0.2) is 5.43 Å². The largest absolute Gasteiger partial charge is 0.480 e. The topological polar surface area (TPSA) is 78.4 Å². The Kier molecular flexibility index (Phi) is 3.82. The van der Waals surface area contributed by atoms with Gasteiger partial charge >= 0.3 is 5.97 Å². The molecule has 1 rings (SSSR count). The van der Waals surface area contributed by atoms with Crippen molar-refractivity contribution in [3.8, 4) is 0 Å². The Bertz CT molecular complexity index is 351. The molecule has 0 heterocycles. The maximum absolute atomic E-state index is 11.4. The van der Waals surface area contributed by atoms with E-state index in [0.29, 0.717) is 5.56 Å². The fourth-order valence-corrected chi connectivity index (χ4v) is 0.897. The first-order chi connectivity index (χ1) is 7.11. The number of aliphatic carboxylic acids is 1. The van der Waals surface area contributed by atoms with Crippen LogP contribution < -0.4 is 10.9 Å². The summed E-state index contributed by atoms with van der Waals surface area (Å²) in [6, 6.07) is 7.72. The summed E-state index contributed by atoms with van der Waals surface area (Å²) in [5, 5.41) is 8.55. The molecule has 0 radical (unpaired) electrons. The Labute approximate surface area is 87.1 Å². The highest BCUT2D eigenvalue weighted by molar-refractivity contribution is 5.93. The monoisotopic (exact) mass is 208 g/mol. The van der Waals surface area contributed by atoms with Crippen molar-refractivity contribution in [3.63, 3.8) is 0 Å². The molecule has 1 aromatic carbocycles. The third-order valence-electron chi connectivity index (χ3n) is 1.81. The fourth-order valence-electron chi connectivity index (χ4n) is 0.897. The van der Waals surface area contributed by atoms with Gasteiger partial charge in [0.2, 0.25) is 0 Å². The Hall–Kier alpha value is -1.88. The van der Waals surface area contributed by atoms with Gasteiger partial charge < -0.3 is 5.11 Å². The number of hydrazine groups is 1. The van der Waals surface area contributed by atoms with Crippen molar-refractivity contribution in [2.24, 2.45) is 0 Å². The third-order valence-corrected chi connectivity index (χ3v) is 1.81. The minimum Gasteiger partial charge on any atom is -0.480 e. The lowest BCUT2D eigenvalue weighted by Gasteiger charge is -2.10. The zero-order valence-corrected chi connectivity index (χ0v) is 8.23. The molecule has 0 saturated heterocycles. The van der Waals surface area contributed by atoms with Crippen molar-refractivity contribution in [1.82, 2.24) is 10.9 Å². The van der Waals surface area contributed by atoms with E-state index in [4.69, 9.17) is 5.11 Å². The molecule has 1 atom stereocenters. The molecule has 0 aromatic heterocycles. The molecule has 0 aliphatic carbocycles. The van der Waals surface area contributed by atoms with E-state index in [1.54, 1.807) is 30.3 Å². The number of amides is 1. The molecule has 5 heteroatoms. The van der Waals surface area contributed by atoms with Crippen LogP contribution in [0, 0.1) is 0 Å². The lowest BCUT2D eigenvalue weighted by atomic mass is 10.2. The van der Waals surface area contributed by atoms with Gasteiger partial charge in [-0.2, -0.15) is 0 Å². The van der Waals surface area contributed by atoms with Crippen LogP contribution in [0.5, 0.6) is 0 Å². The maximum Gasteiger partial charge on any atom is 0.322 e. The van der Waals surface area contributed by atoms with Gasteiger partial charge in [0.15, 0.2) is 0 Å². The van der Waals surface area contributed by atoms with E-state index >= 15 is 0 Å². The van der Waals surface area contributed by atoms with E-state index < -0.39 is 12.0 Å². The van der Waals surface area contributed by atoms with Crippen LogP contribution >= 0.6 is 0 Å². The van der Waals surface area contributed by atoms with Crippen molar-refractivity contribution in [2.45, 2.75) is 13.0 Å². The van der Waals surface area contributed by atoms with Crippen molar-refractivity contribution < 1.29 is 14.7 Å². The first-order valence-corrected chi connectivity index (χ1v) is 4.45. The average Bonchev–Trinajstić information content (AvgIpc) is 2.26. The van der Waals surface area contributed by atoms with Crippen molar-refractivity contribution in [2.75, 3.05) is 0 Å². The number of nitrogens with one attached hydrogen (secondary N) is 2. The average molecular weight is 208 g/mol. The van der Waals surface area contributed by atoms with Crippen LogP contribution in [-0.4, -0.2) is 23.0 Å². The van der Waals surface area contributed by atoms with Gasteiger partial charge in [-0.1, -0.05) is 18.2 Å². The summed E-state index contributed by atoms with van der Waals surface area (Å²) in [7, 11) is 0. The van der Waals surface area contributed by atoms with Gasteiger partial charge in [0, 0.05) is 5.56 Å². The molecule has 0 aliphatic heterocycles. The quantitative estimate of drug-likeness (QED) is 0.625. The second-order valence-electron chi connectivity index (χ2n) is 3.02. The van der Waals surface area contributed by atoms with Gasteiger partial charge in [0.1, 0.15) is 6.04 Å². The Morgan fingerprint density at radius 1 is 1.27 bits per heavy atom. The summed E-state index contributed by atoms with van der Waals surface area (Å²) in [4.78, 5) is 21.8. The molecule has 80 valence electrons. The molecule has 1 amide bonds. The minimum absolute atomic E-state index is 0.358. The number of carboxylic acid groups (broad SMARTS) is 1. The highest BCUT2D eigenvalue weighted by Crippen LogP contribution is 1.96. The first kappa shape index (κ1) is 11.2. The summed E-state index contributed by atoms with van der Waals surface area (Å²) in [5.74, 6) is -1.38. The van der Waals surface area contributed by atoms with E-state index in [2.05, 4.69) is 10.9 Å². The number of hydrogen-bond acceptors (Lipinski definition) is 3. The van der Waals surface area contributed by atoms with E-state index in [1.807, 2.05) is 0 Å². The standard InChI is InChI=1S/C10H12N2O3/c1-7(10(14)15)11-12-9(13)8-5-3-2-4-6-8/h2-7,11H,1H3,(H,12,13)(H,14,15). The van der Waals surface area contributed by atoms with Gasteiger partial charge in [0.25, 0.3) is 5.91 Å². The molecule has 15 heavy (non-hydrogen) atoms. The van der Waals surface area contributed by atoms with Crippen molar-refractivity contribution >= 4 is 11.9 Å². The molecular weight excluding hydrogens is 196 g/mol. The number of carbonyl (C=O) groups is 2. The maximum atomic E-state index is 11.4. The predicted molar refractivity (Wildman–Crippen MR) is 54.1 cm³/mol. The molecule has 3 N–H and O–H groups in total. The number of carbonyl (C=O) groups excluding carboxylic acids is 1. The van der Waals surface area contributed by atoms with E-state index in [9.17, 15) is 9.59 Å². The summed E-state index contributed by atoms with van der Waals surface area (Å²) in [6.45, 7) is 1.44. The van der Waals surface area contributed by atoms with Crippen LogP contribution in [0.1, 0.15) is 17.3 Å². The molecule has 0 aliphatic rings. The Balaban J connectivity index is 2.47. The lowest BCUT2D eigenvalue weighted by Crippen LogP contribution is -2.46. The predicted octanol–water partition coefficient (Wildman–Crippen LogP) is 0.394. The van der Waals surface area contributed by atoms with Gasteiger partial charge in [-0.3, -0.25) is 15.0 Å². The summed E-state index contributed by atoms with van der Waals surface area (Å²) in [6.07, 6.45) is 0. The molecule has 1 unspecified atom stereocenters. The lowest BCUT2D eigenvalue weighted by molar-refractivity contribution is -0.139. The Morgan fingerprint density at radius 2 is 1.87 bits per heavy atom. The smallest absolute Gasteiger partial charge is 0.322 e. The minimum atomic E-state index is -1.02. The molecule has 0 saturated carbocycles. The zero-order valence-electron chi connectivity index (χ0n) is 8.23.